The molecule has 0 aliphatic heterocycles. The van der Waals surface area contributed by atoms with E-state index in [1.165, 1.54) is 18.2 Å². The zero-order valence-electron chi connectivity index (χ0n) is 12.3. The molecule has 118 valence electrons. The highest BCUT2D eigenvalue weighted by Crippen LogP contribution is 2.48. The van der Waals surface area contributed by atoms with Crippen molar-refractivity contribution < 1.29 is 19.1 Å². The lowest BCUT2D eigenvalue weighted by Crippen LogP contribution is -2.25. The number of hydrogen-bond donors (Lipinski definition) is 2. The van der Waals surface area contributed by atoms with Crippen LogP contribution in [0.2, 0.25) is 0 Å². The zero-order chi connectivity index (χ0) is 16.4. The predicted octanol–water partition coefficient (Wildman–Crippen LogP) is 2.94. The van der Waals surface area contributed by atoms with Gasteiger partial charge < -0.3 is 10.4 Å². The second-order valence-corrected chi connectivity index (χ2v) is 5.69. The Morgan fingerprint density at radius 2 is 1.96 bits per heavy atom. The molecule has 5 heteroatoms. The van der Waals surface area contributed by atoms with Gasteiger partial charge in [0, 0.05) is 12.5 Å². The van der Waals surface area contributed by atoms with Crippen LogP contribution in [0.15, 0.2) is 48.5 Å². The molecule has 0 aromatic heterocycles. The average Bonchev–Trinajstić information content (AvgIpc) is 3.34. The minimum Gasteiger partial charge on any atom is -0.478 e. The fourth-order valence-electron chi connectivity index (χ4n) is 2.74. The Bertz CT molecular complexity index is 759. The molecule has 1 amide bonds. The number of carboxylic acids is 1. The first-order valence-corrected chi connectivity index (χ1v) is 7.40. The smallest absolute Gasteiger partial charge is 0.335 e. The van der Waals surface area contributed by atoms with E-state index in [0.29, 0.717) is 12.0 Å². The van der Waals surface area contributed by atoms with E-state index in [1.807, 2.05) is 0 Å². The Kier molecular flexibility index (Phi) is 4.10. The van der Waals surface area contributed by atoms with Crippen LogP contribution in [-0.4, -0.2) is 17.0 Å². The minimum atomic E-state index is -1.00. The lowest BCUT2D eigenvalue weighted by molar-refractivity contribution is -0.122. The van der Waals surface area contributed by atoms with E-state index in [4.69, 9.17) is 5.11 Å². The number of nitrogens with one attached hydrogen (secondary N) is 1. The number of halogens is 1. The van der Waals surface area contributed by atoms with Gasteiger partial charge in [-0.05, 0) is 41.7 Å². The molecule has 0 heterocycles. The number of carbonyl (C=O) groups excluding carboxylic acids is 1. The molecule has 1 aliphatic carbocycles. The maximum atomic E-state index is 13.7. The van der Waals surface area contributed by atoms with Crippen molar-refractivity contribution in [1.29, 1.82) is 0 Å². The van der Waals surface area contributed by atoms with Crippen molar-refractivity contribution in [3.63, 3.8) is 0 Å². The maximum absolute atomic E-state index is 13.7. The quantitative estimate of drug-likeness (QED) is 0.892. The van der Waals surface area contributed by atoms with E-state index >= 15 is 0 Å². The summed E-state index contributed by atoms with van der Waals surface area (Å²) in [7, 11) is 0. The van der Waals surface area contributed by atoms with Crippen LogP contribution >= 0.6 is 0 Å². The third kappa shape index (κ3) is 3.39. The Hall–Kier alpha value is -2.69. The summed E-state index contributed by atoms with van der Waals surface area (Å²) in [6.07, 6.45) is 0.641. The zero-order valence-corrected chi connectivity index (χ0v) is 12.3. The summed E-state index contributed by atoms with van der Waals surface area (Å²) in [5, 5.41) is 11.7. The van der Waals surface area contributed by atoms with Crippen LogP contribution in [0.25, 0.3) is 0 Å². The summed E-state index contributed by atoms with van der Waals surface area (Å²) in [6.45, 7) is 0.264. The average molecular weight is 313 g/mol. The van der Waals surface area contributed by atoms with Crippen molar-refractivity contribution in [2.45, 2.75) is 18.9 Å². The monoisotopic (exact) mass is 313 g/mol. The van der Waals surface area contributed by atoms with Gasteiger partial charge in [-0.2, -0.15) is 0 Å². The SMILES string of the molecule is O=C(O)c1cccc(CNC(=O)[C@H]2C[C@@H]2c2ccccc2F)c1. The molecular formula is C18H16FNO3. The Morgan fingerprint density at radius 3 is 2.70 bits per heavy atom. The second-order valence-electron chi connectivity index (χ2n) is 5.69. The second kappa shape index (κ2) is 6.20. The van der Waals surface area contributed by atoms with Gasteiger partial charge in [0.15, 0.2) is 0 Å². The summed E-state index contributed by atoms with van der Waals surface area (Å²) in [5.41, 5.74) is 1.49. The number of aromatic carboxylic acids is 1. The number of carbonyl (C=O) groups is 2. The van der Waals surface area contributed by atoms with Crippen LogP contribution in [0, 0.1) is 11.7 Å². The minimum absolute atomic E-state index is 0.0680. The lowest BCUT2D eigenvalue weighted by atomic mass is 10.1. The van der Waals surface area contributed by atoms with Gasteiger partial charge in [-0.25, -0.2) is 9.18 Å². The van der Waals surface area contributed by atoms with E-state index in [1.54, 1.807) is 30.3 Å². The van der Waals surface area contributed by atoms with Gasteiger partial charge in [-0.15, -0.1) is 0 Å². The van der Waals surface area contributed by atoms with E-state index in [2.05, 4.69) is 5.32 Å². The number of hydrogen-bond acceptors (Lipinski definition) is 2. The first-order chi connectivity index (χ1) is 11.1. The fraction of sp³-hybridized carbons (Fsp3) is 0.222. The topological polar surface area (TPSA) is 66.4 Å². The summed E-state index contributed by atoms with van der Waals surface area (Å²) in [4.78, 5) is 23.1. The molecule has 1 aliphatic rings. The van der Waals surface area contributed by atoms with Gasteiger partial charge in [0.2, 0.25) is 5.91 Å². The van der Waals surface area contributed by atoms with Crippen LogP contribution < -0.4 is 5.32 Å². The number of amides is 1. The highest BCUT2D eigenvalue weighted by molar-refractivity contribution is 5.87. The van der Waals surface area contributed by atoms with Crippen molar-refractivity contribution in [3.8, 4) is 0 Å². The van der Waals surface area contributed by atoms with E-state index in [9.17, 15) is 14.0 Å². The normalized spacial score (nSPS) is 19.2. The van der Waals surface area contributed by atoms with Gasteiger partial charge in [0.05, 0.1) is 5.56 Å². The Morgan fingerprint density at radius 1 is 1.17 bits per heavy atom. The highest BCUT2D eigenvalue weighted by Gasteiger charge is 2.44. The van der Waals surface area contributed by atoms with Gasteiger partial charge in [-0.3, -0.25) is 4.79 Å². The molecule has 0 unspecified atom stereocenters. The van der Waals surface area contributed by atoms with Crippen LogP contribution in [-0.2, 0) is 11.3 Å². The highest BCUT2D eigenvalue weighted by atomic mass is 19.1. The van der Waals surface area contributed by atoms with Crippen molar-refractivity contribution in [3.05, 3.63) is 71.0 Å². The van der Waals surface area contributed by atoms with Crippen molar-refractivity contribution in [2.75, 3.05) is 0 Å². The van der Waals surface area contributed by atoms with Crippen molar-refractivity contribution >= 4 is 11.9 Å². The van der Waals surface area contributed by atoms with E-state index in [0.717, 1.165) is 5.56 Å². The molecule has 1 fully saturated rings. The van der Waals surface area contributed by atoms with Crippen LogP contribution in [0.1, 0.15) is 33.8 Å². The summed E-state index contributed by atoms with van der Waals surface area (Å²) >= 11 is 0. The molecule has 23 heavy (non-hydrogen) atoms. The van der Waals surface area contributed by atoms with Crippen LogP contribution in [0.4, 0.5) is 4.39 Å². The van der Waals surface area contributed by atoms with Crippen molar-refractivity contribution in [1.82, 2.24) is 5.32 Å². The molecule has 0 spiro atoms. The molecule has 3 rings (SSSR count). The summed E-state index contributed by atoms with van der Waals surface area (Å²) < 4.78 is 13.7. The molecule has 2 N–H and O–H groups in total. The first-order valence-electron chi connectivity index (χ1n) is 7.40. The molecule has 2 aromatic carbocycles. The van der Waals surface area contributed by atoms with Gasteiger partial charge in [-0.1, -0.05) is 30.3 Å². The molecule has 2 aromatic rings. The molecule has 1 saturated carbocycles. The van der Waals surface area contributed by atoms with Gasteiger partial charge in [0.1, 0.15) is 5.82 Å². The predicted molar refractivity (Wildman–Crippen MR) is 82.5 cm³/mol. The fourth-order valence-corrected chi connectivity index (χ4v) is 2.74. The third-order valence-electron chi connectivity index (χ3n) is 4.07. The number of carboxylic acid groups (broad SMARTS) is 1. The molecule has 2 atom stereocenters. The standard InChI is InChI=1S/C18H16FNO3/c19-16-7-2-1-6-13(16)14-9-15(14)17(21)20-10-11-4-3-5-12(8-11)18(22)23/h1-8,14-15H,9-10H2,(H,20,21)(H,22,23)/t14-,15+/m1/s1. The number of rotatable bonds is 5. The molecule has 0 saturated heterocycles. The largest absolute Gasteiger partial charge is 0.478 e. The Labute approximate surface area is 133 Å². The molecule has 0 bridgehead atoms. The first kappa shape index (κ1) is 15.2. The van der Waals surface area contributed by atoms with E-state index < -0.39 is 5.97 Å². The Balaban J connectivity index is 1.58. The summed E-state index contributed by atoms with van der Waals surface area (Å²) in [6, 6.07) is 12.9. The van der Waals surface area contributed by atoms with Gasteiger partial charge >= 0.3 is 5.97 Å². The maximum Gasteiger partial charge on any atom is 0.335 e. The number of benzene rings is 2. The van der Waals surface area contributed by atoms with Crippen LogP contribution in [0.5, 0.6) is 0 Å². The lowest BCUT2D eigenvalue weighted by Gasteiger charge is -2.06. The molecule has 0 radical (unpaired) electrons. The third-order valence-corrected chi connectivity index (χ3v) is 4.07. The molecule has 4 nitrogen and oxygen atoms in total. The molecular weight excluding hydrogens is 297 g/mol. The van der Waals surface area contributed by atoms with Gasteiger partial charge in [0.25, 0.3) is 0 Å². The summed E-state index contributed by atoms with van der Waals surface area (Å²) in [5.74, 6) is -1.68. The van der Waals surface area contributed by atoms with E-state index in [-0.39, 0.29) is 35.7 Å². The van der Waals surface area contributed by atoms with Crippen molar-refractivity contribution in [2.24, 2.45) is 5.92 Å². The van der Waals surface area contributed by atoms with Crippen LogP contribution in [0.3, 0.4) is 0 Å².